The standard InChI is InChI=1S/C26H32FNO2/c27-24-15-13-22(14-16-24)21-9-11-23(12-10-21)26(29)30-25-17-7-20(8-18-25)6-4-2-1-3-5-19-28/h1-3,5,13-16,20-21,23,25H,4,6-12,17-18H2/b2-1+,5-3?. The van der Waals surface area contributed by atoms with Gasteiger partial charge in [-0.25, -0.2) is 4.39 Å². The number of ether oxygens (including phenoxy) is 1. The first-order valence-corrected chi connectivity index (χ1v) is 11.3. The van der Waals surface area contributed by atoms with Crippen molar-refractivity contribution in [3.05, 3.63) is 60.0 Å². The van der Waals surface area contributed by atoms with E-state index in [1.807, 2.05) is 24.3 Å². The molecule has 0 radical (unpaired) electrons. The Hall–Kier alpha value is -2.41. The number of esters is 1. The van der Waals surface area contributed by atoms with E-state index in [0.29, 0.717) is 11.8 Å². The molecule has 0 aromatic heterocycles. The molecular formula is C26H32FNO2. The average molecular weight is 410 g/mol. The third-order valence-electron chi connectivity index (χ3n) is 6.64. The molecule has 0 heterocycles. The minimum absolute atomic E-state index is 0.0109. The molecule has 3 rings (SSSR count). The van der Waals surface area contributed by atoms with Crippen LogP contribution in [0.15, 0.2) is 48.6 Å². The van der Waals surface area contributed by atoms with Crippen LogP contribution in [0.1, 0.15) is 75.7 Å². The Balaban J connectivity index is 1.33. The van der Waals surface area contributed by atoms with E-state index in [0.717, 1.165) is 64.2 Å². The molecule has 30 heavy (non-hydrogen) atoms. The summed E-state index contributed by atoms with van der Waals surface area (Å²) < 4.78 is 19.0. The molecule has 0 atom stereocenters. The summed E-state index contributed by atoms with van der Waals surface area (Å²) in [5.74, 6) is 0.939. The Kier molecular flexibility index (Phi) is 8.68. The van der Waals surface area contributed by atoms with Crippen molar-refractivity contribution >= 4 is 5.97 Å². The second-order valence-electron chi connectivity index (χ2n) is 8.67. The molecule has 0 amide bonds. The lowest BCUT2D eigenvalue weighted by Gasteiger charge is -2.31. The van der Waals surface area contributed by atoms with Gasteiger partial charge in [0.25, 0.3) is 0 Å². The summed E-state index contributed by atoms with van der Waals surface area (Å²) in [5, 5.41) is 8.45. The van der Waals surface area contributed by atoms with Crippen molar-refractivity contribution in [1.29, 1.82) is 5.26 Å². The van der Waals surface area contributed by atoms with Gasteiger partial charge < -0.3 is 4.74 Å². The van der Waals surface area contributed by atoms with Crippen molar-refractivity contribution in [2.45, 2.75) is 76.2 Å². The maximum atomic E-state index is 13.1. The summed E-state index contributed by atoms with van der Waals surface area (Å²) in [6.45, 7) is 0. The molecule has 0 spiro atoms. The van der Waals surface area contributed by atoms with Crippen LogP contribution in [0.2, 0.25) is 0 Å². The summed E-state index contributed by atoms with van der Waals surface area (Å²) in [5.41, 5.74) is 1.18. The Morgan fingerprint density at radius 1 is 1.03 bits per heavy atom. The Labute approximate surface area is 179 Å². The average Bonchev–Trinajstić information content (AvgIpc) is 2.78. The van der Waals surface area contributed by atoms with E-state index in [9.17, 15) is 9.18 Å². The number of carbonyl (C=O) groups excluding carboxylic acids is 1. The highest BCUT2D eigenvalue weighted by molar-refractivity contribution is 5.72. The first-order chi connectivity index (χ1) is 14.7. The number of hydrogen-bond donors (Lipinski definition) is 0. The number of carbonyl (C=O) groups is 1. The SMILES string of the molecule is N#CC=C/C=C/CCC1CCC(OC(=O)C2CCC(c3ccc(F)cc3)CC2)CC1. The van der Waals surface area contributed by atoms with E-state index in [-0.39, 0.29) is 23.8 Å². The highest BCUT2D eigenvalue weighted by Gasteiger charge is 2.31. The van der Waals surface area contributed by atoms with Crippen molar-refractivity contribution in [1.82, 2.24) is 0 Å². The maximum Gasteiger partial charge on any atom is 0.309 e. The molecule has 0 N–H and O–H groups in total. The molecule has 160 valence electrons. The van der Waals surface area contributed by atoms with Crippen molar-refractivity contribution in [3.63, 3.8) is 0 Å². The van der Waals surface area contributed by atoms with Crippen molar-refractivity contribution < 1.29 is 13.9 Å². The molecule has 2 aliphatic rings. The third-order valence-corrected chi connectivity index (χ3v) is 6.64. The lowest BCUT2D eigenvalue weighted by atomic mass is 9.78. The van der Waals surface area contributed by atoms with Crippen LogP contribution in [0, 0.1) is 29.0 Å². The summed E-state index contributed by atoms with van der Waals surface area (Å²) >= 11 is 0. The summed E-state index contributed by atoms with van der Waals surface area (Å²) in [6.07, 6.45) is 17.4. The molecule has 2 fully saturated rings. The highest BCUT2D eigenvalue weighted by Crippen LogP contribution is 2.37. The van der Waals surface area contributed by atoms with Gasteiger partial charge in [0.05, 0.1) is 12.0 Å². The molecule has 3 nitrogen and oxygen atoms in total. The van der Waals surface area contributed by atoms with Gasteiger partial charge in [-0.1, -0.05) is 30.4 Å². The number of rotatable bonds is 7. The normalized spacial score (nSPS) is 27.2. The second-order valence-corrected chi connectivity index (χ2v) is 8.67. The minimum atomic E-state index is -0.199. The van der Waals surface area contributed by atoms with Gasteiger partial charge in [-0.05, 0) is 93.7 Å². The first kappa shape index (κ1) is 22.3. The van der Waals surface area contributed by atoms with Gasteiger partial charge >= 0.3 is 5.97 Å². The Bertz CT molecular complexity index is 761. The largest absolute Gasteiger partial charge is 0.462 e. The second kappa shape index (κ2) is 11.7. The van der Waals surface area contributed by atoms with Crippen LogP contribution in [0.4, 0.5) is 4.39 Å². The zero-order valence-corrected chi connectivity index (χ0v) is 17.6. The lowest BCUT2D eigenvalue weighted by Crippen LogP contribution is -2.29. The van der Waals surface area contributed by atoms with Crippen molar-refractivity contribution in [2.24, 2.45) is 11.8 Å². The predicted molar refractivity (Wildman–Crippen MR) is 116 cm³/mol. The molecular weight excluding hydrogens is 377 g/mol. The predicted octanol–water partition coefficient (Wildman–Crippen LogP) is 6.62. The van der Waals surface area contributed by atoms with E-state index < -0.39 is 0 Å². The van der Waals surface area contributed by atoms with Crippen LogP contribution in [0.3, 0.4) is 0 Å². The van der Waals surface area contributed by atoms with Gasteiger partial charge in [-0.3, -0.25) is 4.79 Å². The van der Waals surface area contributed by atoms with E-state index in [1.54, 1.807) is 6.08 Å². The van der Waals surface area contributed by atoms with Crippen LogP contribution < -0.4 is 0 Å². The summed E-state index contributed by atoms with van der Waals surface area (Å²) in [7, 11) is 0. The number of allylic oxidation sites excluding steroid dienone is 4. The molecule has 1 aromatic rings. The highest BCUT2D eigenvalue weighted by atomic mass is 19.1. The topological polar surface area (TPSA) is 50.1 Å². The molecule has 4 heteroatoms. The smallest absolute Gasteiger partial charge is 0.309 e. The van der Waals surface area contributed by atoms with Gasteiger partial charge in [0, 0.05) is 6.08 Å². The fourth-order valence-electron chi connectivity index (χ4n) is 4.80. The molecule has 0 saturated heterocycles. The van der Waals surface area contributed by atoms with Gasteiger partial charge in [-0.2, -0.15) is 5.26 Å². The van der Waals surface area contributed by atoms with Crippen LogP contribution in [-0.2, 0) is 9.53 Å². The summed E-state index contributed by atoms with van der Waals surface area (Å²) in [6, 6.07) is 8.76. The molecule has 1 aromatic carbocycles. The zero-order valence-electron chi connectivity index (χ0n) is 17.6. The molecule has 0 unspecified atom stereocenters. The fraction of sp³-hybridized carbons (Fsp3) is 0.538. The molecule has 2 aliphatic carbocycles. The van der Waals surface area contributed by atoms with Gasteiger partial charge in [0.1, 0.15) is 11.9 Å². The monoisotopic (exact) mass is 409 g/mol. The molecule has 0 bridgehead atoms. The number of hydrogen-bond acceptors (Lipinski definition) is 3. The van der Waals surface area contributed by atoms with Crippen molar-refractivity contribution in [3.8, 4) is 6.07 Å². The van der Waals surface area contributed by atoms with Gasteiger partial charge in [0.15, 0.2) is 0 Å². The maximum absolute atomic E-state index is 13.1. The molecule has 0 aliphatic heterocycles. The zero-order chi connectivity index (χ0) is 21.2. The van der Waals surface area contributed by atoms with E-state index in [2.05, 4.69) is 6.08 Å². The third kappa shape index (κ3) is 6.83. The number of nitriles is 1. The van der Waals surface area contributed by atoms with Crippen molar-refractivity contribution in [2.75, 3.05) is 0 Å². The van der Waals surface area contributed by atoms with Gasteiger partial charge in [0.2, 0.25) is 0 Å². The Morgan fingerprint density at radius 3 is 2.40 bits per heavy atom. The number of nitrogens with zero attached hydrogens (tertiary/aromatic N) is 1. The number of benzene rings is 1. The van der Waals surface area contributed by atoms with Crippen LogP contribution in [0.5, 0.6) is 0 Å². The van der Waals surface area contributed by atoms with E-state index in [1.165, 1.54) is 23.8 Å². The number of halogens is 1. The van der Waals surface area contributed by atoms with Crippen LogP contribution in [0.25, 0.3) is 0 Å². The van der Waals surface area contributed by atoms with Crippen LogP contribution >= 0.6 is 0 Å². The first-order valence-electron chi connectivity index (χ1n) is 11.3. The fourth-order valence-corrected chi connectivity index (χ4v) is 4.80. The quantitative estimate of drug-likeness (QED) is 0.289. The van der Waals surface area contributed by atoms with E-state index in [4.69, 9.17) is 10.00 Å². The van der Waals surface area contributed by atoms with E-state index >= 15 is 0 Å². The lowest BCUT2D eigenvalue weighted by molar-refractivity contribution is -0.157. The minimum Gasteiger partial charge on any atom is -0.462 e. The van der Waals surface area contributed by atoms with Crippen LogP contribution in [-0.4, -0.2) is 12.1 Å². The molecule has 2 saturated carbocycles. The van der Waals surface area contributed by atoms with Gasteiger partial charge in [-0.15, -0.1) is 0 Å². The Morgan fingerprint density at radius 2 is 1.73 bits per heavy atom. The summed E-state index contributed by atoms with van der Waals surface area (Å²) in [4.78, 5) is 12.6.